The first-order valence-corrected chi connectivity index (χ1v) is 7.95. The molecule has 0 aromatic heterocycles. The number of amides is 1. The molecule has 4 heteroatoms. The molecule has 2 fully saturated rings. The Balaban J connectivity index is 1.62. The van der Waals surface area contributed by atoms with Crippen molar-refractivity contribution >= 4 is 5.91 Å². The van der Waals surface area contributed by atoms with Crippen LogP contribution in [-0.2, 0) is 4.79 Å². The summed E-state index contributed by atoms with van der Waals surface area (Å²) >= 11 is 0. The molecule has 2 rings (SSSR count). The largest absolute Gasteiger partial charge is 0.342 e. The molecule has 110 valence electrons. The second-order valence-electron chi connectivity index (χ2n) is 6.11. The molecular formula is C15H29N3O. The molecule has 1 amide bonds. The Morgan fingerprint density at radius 2 is 2.00 bits per heavy atom. The van der Waals surface area contributed by atoms with Gasteiger partial charge in [0.05, 0.1) is 6.54 Å². The predicted molar refractivity (Wildman–Crippen MR) is 78.2 cm³/mol. The van der Waals surface area contributed by atoms with Gasteiger partial charge in [-0.1, -0.05) is 6.42 Å². The van der Waals surface area contributed by atoms with E-state index in [2.05, 4.69) is 17.3 Å². The van der Waals surface area contributed by atoms with Gasteiger partial charge in [0.1, 0.15) is 0 Å². The van der Waals surface area contributed by atoms with Crippen LogP contribution in [0, 0.1) is 0 Å². The molecule has 0 aromatic rings. The first-order chi connectivity index (χ1) is 9.25. The number of likely N-dealkylation sites (N-methyl/N-ethyl adjacent to an activating group) is 1. The van der Waals surface area contributed by atoms with E-state index in [4.69, 9.17) is 0 Å². The zero-order valence-corrected chi connectivity index (χ0v) is 12.4. The monoisotopic (exact) mass is 267 g/mol. The Labute approximate surface area is 117 Å². The molecule has 1 unspecified atom stereocenters. The van der Waals surface area contributed by atoms with Gasteiger partial charge in [0, 0.05) is 19.1 Å². The molecule has 2 saturated heterocycles. The smallest absolute Gasteiger partial charge is 0.236 e. The lowest BCUT2D eigenvalue weighted by Crippen LogP contribution is -2.43. The maximum atomic E-state index is 12.1. The SMILES string of the molecule is CN(CCC1CCCCN1)CC(=O)N1CCCCC1. The van der Waals surface area contributed by atoms with E-state index in [9.17, 15) is 4.79 Å². The van der Waals surface area contributed by atoms with Crippen LogP contribution in [0.25, 0.3) is 0 Å². The number of nitrogens with zero attached hydrogens (tertiary/aromatic N) is 2. The zero-order chi connectivity index (χ0) is 13.5. The second-order valence-corrected chi connectivity index (χ2v) is 6.11. The van der Waals surface area contributed by atoms with Crippen LogP contribution in [0.2, 0.25) is 0 Å². The van der Waals surface area contributed by atoms with E-state index in [1.807, 2.05) is 4.90 Å². The van der Waals surface area contributed by atoms with Crippen molar-refractivity contribution in [2.75, 3.05) is 39.8 Å². The van der Waals surface area contributed by atoms with Crippen LogP contribution in [0.4, 0.5) is 0 Å². The van der Waals surface area contributed by atoms with E-state index in [-0.39, 0.29) is 0 Å². The molecule has 0 aliphatic carbocycles. The Morgan fingerprint density at radius 3 is 2.68 bits per heavy atom. The Bertz CT molecular complexity index is 271. The van der Waals surface area contributed by atoms with Crippen molar-refractivity contribution in [3.05, 3.63) is 0 Å². The molecule has 0 radical (unpaired) electrons. The van der Waals surface area contributed by atoms with Gasteiger partial charge in [-0.05, 0) is 58.7 Å². The number of hydrogen-bond donors (Lipinski definition) is 1. The van der Waals surface area contributed by atoms with Gasteiger partial charge < -0.3 is 10.2 Å². The average Bonchev–Trinajstić information content (AvgIpc) is 2.47. The third-order valence-corrected chi connectivity index (χ3v) is 4.39. The first-order valence-electron chi connectivity index (χ1n) is 7.95. The fourth-order valence-electron chi connectivity index (χ4n) is 3.10. The molecule has 0 spiro atoms. The highest BCUT2D eigenvalue weighted by Crippen LogP contribution is 2.11. The van der Waals surface area contributed by atoms with E-state index >= 15 is 0 Å². The van der Waals surface area contributed by atoms with Crippen LogP contribution < -0.4 is 5.32 Å². The van der Waals surface area contributed by atoms with E-state index in [0.717, 1.165) is 19.6 Å². The minimum Gasteiger partial charge on any atom is -0.342 e. The van der Waals surface area contributed by atoms with Gasteiger partial charge in [-0.3, -0.25) is 9.69 Å². The van der Waals surface area contributed by atoms with E-state index in [1.165, 1.54) is 51.5 Å². The van der Waals surface area contributed by atoms with Crippen molar-refractivity contribution in [1.29, 1.82) is 0 Å². The van der Waals surface area contributed by atoms with Crippen molar-refractivity contribution in [3.63, 3.8) is 0 Å². The summed E-state index contributed by atoms with van der Waals surface area (Å²) in [6, 6.07) is 0.668. The van der Waals surface area contributed by atoms with Crippen LogP contribution in [-0.4, -0.2) is 61.5 Å². The molecule has 1 N–H and O–H groups in total. The quantitative estimate of drug-likeness (QED) is 0.819. The Morgan fingerprint density at radius 1 is 1.21 bits per heavy atom. The molecule has 2 heterocycles. The minimum absolute atomic E-state index is 0.318. The van der Waals surface area contributed by atoms with E-state index in [1.54, 1.807) is 0 Å². The number of nitrogens with one attached hydrogen (secondary N) is 1. The molecule has 0 saturated carbocycles. The molecule has 4 nitrogen and oxygen atoms in total. The number of likely N-dealkylation sites (tertiary alicyclic amines) is 1. The summed E-state index contributed by atoms with van der Waals surface area (Å²) in [5.74, 6) is 0.318. The lowest BCUT2D eigenvalue weighted by atomic mass is 10.0. The lowest BCUT2D eigenvalue weighted by molar-refractivity contribution is -0.133. The van der Waals surface area contributed by atoms with Crippen LogP contribution in [0.15, 0.2) is 0 Å². The maximum absolute atomic E-state index is 12.1. The number of carbonyl (C=O) groups is 1. The summed E-state index contributed by atoms with van der Waals surface area (Å²) in [6.45, 7) is 4.72. The second kappa shape index (κ2) is 7.85. The molecule has 0 aromatic carbocycles. The summed E-state index contributed by atoms with van der Waals surface area (Å²) in [7, 11) is 2.07. The van der Waals surface area contributed by atoms with Gasteiger partial charge in [0.2, 0.25) is 5.91 Å². The van der Waals surface area contributed by atoms with Crippen molar-refractivity contribution in [1.82, 2.24) is 15.1 Å². The number of rotatable bonds is 5. The van der Waals surface area contributed by atoms with Crippen LogP contribution in [0.3, 0.4) is 0 Å². The highest BCUT2D eigenvalue weighted by atomic mass is 16.2. The number of hydrogen-bond acceptors (Lipinski definition) is 3. The highest BCUT2D eigenvalue weighted by Gasteiger charge is 2.18. The average molecular weight is 267 g/mol. The molecule has 0 bridgehead atoms. The topological polar surface area (TPSA) is 35.6 Å². The van der Waals surface area contributed by atoms with Crippen LogP contribution in [0.1, 0.15) is 44.9 Å². The van der Waals surface area contributed by atoms with Crippen molar-refractivity contribution in [2.24, 2.45) is 0 Å². The summed E-state index contributed by atoms with van der Waals surface area (Å²) in [5, 5.41) is 3.57. The normalized spacial score (nSPS) is 24.7. The summed E-state index contributed by atoms with van der Waals surface area (Å²) in [6.07, 6.45) is 8.79. The van der Waals surface area contributed by atoms with Crippen LogP contribution in [0.5, 0.6) is 0 Å². The fraction of sp³-hybridized carbons (Fsp3) is 0.933. The van der Waals surface area contributed by atoms with Gasteiger partial charge in [0.15, 0.2) is 0 Å². The first kappa shape index (κ1) is 14.8. The molecule has 1 atom stereocenters. The maximum Gasteiger partial charge on any atom is 0.236 e. The standard InChI is InChI=1S/C15H29N3O/c1-17(12-8-14-7-3-4-9-16-14)13-15(19)18-10-5-2-6-11-18/h14,16H,2-13H2,1H3. The van der Waals surface area contributed by atoms with Gasteiger partial charge >= 0.3 is 0 Å². The minimum atomic E-state index is 0.318. The fourth-order valence-corrected chi connectivity index (χ4v) is 3.10. The van der Waals surface area contributed by atoms with Crippen molar-refractivity contribution in [3.8, 4) is 0 Å². The Kier molecular flexibility index (Phi) is 6.11. The van der Waals surface area contributed by atoms with E-state index in [0.29, 0.717) is 18.5 Å². The van der Waals surface area contributed by atoms with E-state index < -0.39 is 0 Å². The van der Waals surface area contributed by atoms with Gasteiger partial charge in [0.25, 0.3) is 0 Å². The molecular weight excluding hydrogens is 238 g/mol. The summed E-state index contributed by atoms with van der Waals surface area (Å²) < 4.78 is 0. The van der Waals surface area contributed by atoms with Crippen molar-refractivity contribution in [2.45, 2.75) is 51.0 Å². The number of carbonyl (C=O) groups excluding carboxylic acids is 1. The molecule has 2 aliphatic heterocycles. The van der Waals surface area contributed by atoms with Gasteiger partial charge in [-0.2, -0.15) is 0 Å². The molecule has 19 heavy (non-hydrogen) atoms. The third kappa shape index (κ3) is 5.11. The van der Waals surface area contributed by atoms with Gasteiger partial charge in [-0.15, -0.1) is 0 Å². The van der Waals surface area contributed by atoms with Gasteiger partial charge in [-0.25, -0.2) is 0 Å². The number of piperidine rings is 2. The lowest BCUT2D eigenvalue weighted by Gasteiger charge is -2.29. The van der Waals surface area contributed by atoms with Crippen LogP contribution >= 0.6 is 0 Å². The Hall–Kier alpha value is -0.610. The predicted octanol–water partition coefficient (Wildman–Crippen LogP) is 1.46. The van der Waals surface area contributed by atoms with Crippen molar-refractivity contribution < 1.29 is 4.79 Å². The third-order valence-electron chi connectivity index (χ3n) is 4.39. The summed E-state index contributed by atoms with van der Waals surface area (Å²) in [5.41, 5.74) is 0. The highest BCUT2D eigenvalue weighted by molar-refractivity contribution is 5.78. The zero-order valence-electron chi connectivity index (χ0n) is 12.4. The molecule has 2 aliphatic rings. The summed E-state index contributed by atoms with van der Waals surface area (Å²) in [4.78, 5) is 16.4.